The lowest BCUT2D eigenvalue weighted by molar-refractivity contribution is 0.0532. The number of nitrogens with zero attached hydrogens (tertiary/aromatic N) is 1. The van der Waals surface area contributed by atoms with E-state index >= 15 is 0 Å². The Hall–Kier alpha value is -2.68. The summed E-state index contributed by atoms with van der Waals surface area (Å²) in [6.07, 6.45) is 0.675. The number of morpholine rings is 1. The SMILES string of the molecule is CC1CN(c2ccc(NC(=O)c3ccc(B(O)O)c(C=O)c3)cc2)CCO1. The van der Waals surface area contributed by atoms with Crippen LogP contribution in [0.5, 0.6) is 0 Å². The van der Waals surface area contributed by atoms with E-state index in [0.717, 1.165) is 18.8 Å². The van der Waals surface area contributed by atoms with Crippen molar-refractivity contribution >= 4 is 36.1 Å². The summed E-state index contributed by atoms with van der Waals surface area (Å²) in [6.45, 7) is 4.38. The van der Waals surface area contributed by atoms with Gasteiger partial charge in [0.1, 0.15) is 6.29 Å². The molecule has 1 fully saturated rings. The minimum atomic E-state index is -1.77. The zero-order chi connectivity index (χ0) is 19.4. The van der Waals surface area contributed by atoms with E-state index in [1.807, 2.05) is 31.2 Å². The molecular weight excluding hydrogens is 347 g/mol. The van der Waals surface area contributed by atoms with Gasteiger partial charge in [-0.2, -0.15) is 0 Å². The van der Waals surface area contributed by atoms with Gasteiger partial charge in [-0.15, -0.1) is 0 Å². The topological polar surface area (TPSA) is 99.1 Å². The van der Waals surface area contributed by atoms with E-state index in [1.165, 1.54) is 18.2 Å². The molecule has 1 aliphatic rings. The second-order valence-corrected chi connectivity index (χ2v) is 6.46. The van der Waals surface area contributed by atoms with Gasteiger partial charge in [-0.1, -0.05) is 6.07 Å². The summed E-state index contributed by atoms with van der Waals surface area (Å²) in [7, 11) is -1.77. The molecule has 2 aromatic rings. The number of nitrogens with one attached hydrogen (secondary N) is 1. The number of anilines is 2. The van der Waals surface area contributed by atoms with E-state index in [2.05, 4.69) is 10.2 Å². The number of hydrogen-bond donors (Lipinski definition) is 3. The number of carbonyl (C=O) groups is 2. The number of hydrogen-bond acceptors (Lipinski definition) is 6. The number of carbonyl (C=O) groups excluding carboxylic acids is 2. The molecule has 7 nitrogen and oxygen atoms in total. The van der Waals surface area contributed by atoms with Crippen molar-refractivity contribution in [2.45, 2.75) is 13.0 Å². The van der Waals surface area contributed by atoms with Crippen molar-refractivity contribution in [2.75, 3.05) is 29.9 Å². The van der Waals surface area contributed by atoms with Crippen molar-refractivity contribution in [1.29, 1.82) is 0 Å². The van der Waals surface area contributed by atoms with Gasteiger partial charge in [0.2, 0.25) is 0 Å². The minimum Gasteiger partial charge on any atom is -0.423 e. The normalized spacial score (nSPS) is 16.7. The molecule has 3 N–H and O–H groups in total. The second-order valence-electron chi connectivity index (χ2n) is 6.46. The van der Waals surface area contributed by atoms with Gasteiger partial charge in [-0.05, 0) is 48.8 Å². The predicted molar refractivity (Wildman–Crippen MR) is 104 cm³/mol. The molecule has 27 heavy (non-hydrogen) atoms. The molecule has 0 bridgehead atoms. The van der Waals surface area contributed by atoms with Gasteiger partial charge in [0.15, 0.2) is 0 Å². The Balaban J connectivity index is 1.70. The van der Waals surface area contributed by atoms with Crippen LogP contribution >= 0.6 is 0 Å². The fourth-order valence-electron chi connectivity index (χ4n) is 3.06. The summed E-state index contributed by atoms with van der Waals surface area (Å²) in [5.74, 6) is -0.384. The molecule has 0 saturated carbocycles. The molecule has 1 unspecified atom stereocenters. The molecule has 3 rings (SSSR count). The standard InChI is InChI=1S/C19H21BN2O5/c1-13-11-22(8-9-27-13)17-5-3-16(4-6-17)21-19(24)14-2-7-18(20(25)26)15(10-14)12-23/h2-7,10,12-13,25-26H,8-9,11H2,1H3,(H,21,24). The molecule has 1 aliphatic heterocycles. The van der Waals surface area contributed by atoms with Crippen LogP contribution in [0.4, 0.5) is 11.4 Å². The Morgan fingerprint density at radius 1 is 1.26 bits per heavy atom. The van der Waals surface area contributed by atoms with Crippen molar-refractivity contribution in [1.82, 2.24) is 0 Å². The Labute approximate surface area is 157 Å². The Morgan fingerprint density at radius 2 is 2.00 bits per heavy atom. The Bertz CT molecular complexity index is 825. The monoisotopic (exact) mass is 368 g/mol. The number of aldehydes is 1. The van der Waals surface area contributed by atoms with Crippen LogP contribution in [0.15, 0.2) is 42.5 Å². The summed E-state index contributed by atoms with van der Waals surface area (Å²) < 4.78 is 5.54. The van der Waals surface area contributed by atoms with Crippen molar-refractivity contribution in [3.63, 3.8) is 0 Å². The fraction of sp³-hybridized carbons (Fsp3) is 0.263. The first kappa shape index (κ1) is 19.1. The fourth-order valence-corrected chi connectivity index (χ4v) is 3.06. The van der Waals surface area contributed by atoms with E-state index in [4.69, 9.17) is 4.74 Å². The summed E-state index contributed by atoms with van der Waals surface area (Å²) in [6, 6.07) is 11.7. The van der Waals surface area contributed by atoms with Gasteiger partial charge >= 0.3 is 7.12 Å². The number of rotatable bonds is 5. The smallest absolute Gasteiger partial charge is 0.423 e. The van der Waals surface area contributed by atoms with Crippen LogP contribution in [0.1, 0.15) is 27.6 Å². The molecule has 2 aromatic carbocycles. The van der Waals surface area contributed by atoms with Gasteiger partial charge in [0, 0.05) is 35.6 Å². The molecule has 140 valence electrons. The summed E-state index contributed by atoms with van der Waals surface area (Å²) in [4.78, 5) is 25.8. The zero-order valence-electron chi connectivity index (χ0n) is 15.0. The third-order valence-electron chi connectivity index (χ3n) is 4.49. The van der Waals surface area contributed by atoms with E-state index in [0.29, 0.717) is 18.6 Å². The van der Waals surface area contributed by atoms with Gasteiger partial charge in [0.05, 0.1) is 12.7 Å². The van der Waals surface area contributed by atoms with Crippen LogP contribution in [-0.2, 0) is 4.74 Å². The molecule has 1 amide bonds. The maximum absolute atomic E-state index is 12.4. The van der Waals surface area contributed by atoms with Gasteiger partial charge < -0.3 is 25.0 Å². The lowest BCUT2D eigenvalue weighted by Gasteiger charge is -2.33. The van der Waals surface area contributed by atoms with Crippen molar-refractivity contribution in [3.8, 4) is 0 Å². The van der Waals surface area contributed by atoms with Crippen molar-refractivity contribution in [2.24, 2.45) is 0 Å². The third-order valence-corrected chi connectivity index (χ3v) is 4.49. The molecule has 0 radical (unpaired) electrons. The zero-order valence-corrected chi connectivity index (χ0v) is 15.0. The first-order valence-corrected chi connectivity index (χ1v) is 8.71. The molecule has 1 atom stereocenters. The summed E-state index contributed by atoms with van der Waals surface area (Å²) in [5, 5.41) is 21.2. The van der Waals surface area contributed by atoms with E-state index in [-0.39, 0.29) is 28.6 Å². The van der Waals surface area contributed by atoms with Gasteiger partial charge in [-0.3, -0.25) is 9.59 Å². The van der Waals surface area contributed by atoms with Crippen LogP contribution in [-0.4, -0.2) is 55.2 Å². The number of amides is 1. The molecule has 1 heterocycles. The van der Waals surface area contributed by atoms with Crippen LogP contribution < -0.4 is 15.7 Å². The van der Waals surface area contributed by atoms with Crippen molar-refractivity contribution in [3.05, 3.63) is 53.6 Å². The molecule has 8 heteroatoms. The lowest BCUT2D eigenvalue weighted by Crippen LogP contribution is -2.41. The van der Waals surface area contributed by atoms with Gasteiger partial charge in [0.25, 0.3) is 5.91 Å². The predicted octanol–water partition coefficient (Wildman–Crippen LogP) is 0.656. The van der Waals surface area contributed by atoms with E-state index in [1.54, 1.807) is 0 Å². The molecule has 1 saturated heterocycles. The van der Waals surface area contributed by atoms with Gasteiger partial charge in [-0.25, -0.2) is 0 Å². The minimum absolute atomic E-state index is 0.0608. The average molecular weight is 368 g/mol. The largest absolute Gasteiger partial charge is 0.489 e. The van der Waals surface area contributed by atoms with Crippen molar-refractivity contribution < 1.29 is 24.4 Å². The van der Waals surface area contributed by atoms with Crippen LogP contribution in [0.3, 0.4) is 0 Å². The lowest BCUT2D eigenvalue weighted by atomic mass is 9.77. The average Bonchev–Trinajstić information content (AvgIpc) is 2.68. The highest BCUT2D eigenvalue weighted by Crippen LogP contribution is 2.21. The molecule has 0 aromatic heterocycles. The van der Waals surface area contributed by atoms with E-state index < -0.39 is 7.12 Å². The highest BCUT2D eigenvalue weighted by atomic mass is 16.5. The molecule has 0 spiro atoms. The molecular formula is C19H21BN2O5. The maximum Gasteiger partial charge on any atom is 0.489 e. The highest BCUT2D eigenvalue weighted by Gasteiger charge is 2.19. The van der Waals surface area contributed by atoms with Crippen LogP contribution in [0.25, 0.3) is 0 Å². The number of benzene rings is 2. The Kier molecular flexibility index (Phi) is 5.90. The summed E-state index contributed by atoms with van der Waals surface area (Å²) >= 11 is 0. The second kappa shape index (κ2) is 8.34. The third kappa shape index (κ3) is 4.54. The highest BCUT2D eigenvalue weighted by molar-refractivity contribution is 6.60. The molecule has 0 aliphatic carbocycles. The van der Waals surface area contributed by atoms with E-state index in [9.17, 15) is 19.6 Å². The first-order chi connectivity index (χ1) is 13.0. The Morgan fingerprint density at radius 3 is 2.63 bits per heavy atom. The maximum atomic E-state index is 12.4. The van der Waals surface area contributed by atoms with Crippen LogP contribution in [0.2, 0.25) is 0 Å². The van der Waals surface area contributed by atoms with Crippen LogP contribution in [0, 0.1) is 0 Å². The number of ether oxygens (including phenoxy) is 1. The quantitative estimate of drug-likeness (QED) is 0.530. The first-order valence-electron chi connectivity index (χ1n) is 8.71. The summed E-state index contributed by atoms with van der Waals surface area (Å²) in [5.41, 5.74) is 2.07.